The molecule has 8 nitrogen and oxygen atoms in total. The number of sulfonamides is 1. The van der Waals surface area contributed by atoms with Gasteiger partial charge in [-0.2, -0.15) is 0 Å². The van der Waals surface area contributed by atoms with Crippen molar-refractivity contribution in [3.05, 3.63) is 99.1 Å². The first-order chi connectivity index (χ1) is 17.2. The monoisotopic (exact) mass is 507 g/mol. The SMILES string of the molecule is COCc1ccc(COC)c(S(=O)(=O)NCc2nc3ccccc3c(=O)n2-c2ccc(C)cc2C)c1. The number of nitrogens with one attached hydrogen (secondary N) is 1. The summed E-state index contributed by atoms with van der Waals surface area (Å²) in [5.41, 5.74) is 4.07. The summed E-state index contributed by atoms with van der Waals surface area (Å²) in [4.78, 5) is 18.3. The predicted octanol–water partition coefficient (Wildman–Crippen LogP) is 3.77. The summed E-state index contributed by atoms with van der Waals surface area (Å²) < 4.78 is 41.4. The molecule has 1 N–H and O–H groups in total. The van der Waals surface area contributed by atoms with Crippen molar-refractivity contribution < 1.29 is 17.9 Å². The Kier molecular flexibility index (Phi) is 7.65. The minimum Gasteiger partial charge on any atom is -0.380 e. The Morgan fingerprint density at radius 3 is 2.42 bits per heavy atom. The summed E-state index contributed by atoms with van der Waals surface area (Å²) >= 11 is 0. The highest BCUT2D eigenvalue weighted by Gasteiger charge is 2.22. The van der Waals surface area contributed by atoms with Gasteiger partial charge in [0.25, 0.3) is 5.56 Å². The van der Waals surface area contributed by atoms with Crippen molar-refractivity contribution in [2.75, 3.05) is 14.2 Å². The zero-order valence-corrected chi connectivity index (χ0v) is 21.6. The number of aryl methyl sites for hydroxylation is 2. The molecule has 0 aliphatic heterocycles. The number of hydrogen-bond acceptors (Lipinski definition) is 6. The molecular weight excluding hydrogens is 478 g/mol. The van der Waals surface area contributed by atoms with Crippen LogP contribution in [0.4, 0.5) is 0 Å². The van der Waals surface area contributed by atoms with Gasteiger partial charge in [0, 0.05) is 14.2 Å². The molecule has 0 unspecified atom stereocenters. The first-order valence-corrected chi connectivity index (χ1v) is 12.9. The van der Waals surface area contributed by atoms with Gasteiger partial charge in [-0.05, 0) is 54.8 Å². The third-order valence-electron chi connectivity index (χ3n) is 5.89. The van der Waals surface area contributed by atoms with E-state index in [1.54, 1.807) is 49.6 Å². The van der Waals surface area contributed by atoms with E-state index < -0.39 is 10.0 Å². The lowest BCUT2D eigenvalue weighted by atomic mass is 10.1. The summed E-state index contributed by atoms with van der Waals surface area (Å²) in [6, 6.07) is 17.9. The summed E-state index contributed by atoms with van der Waals surface area (Å²) in [5.74, 6) is 0.288. The minimum absolute atomic E-state index is 0.0973. The molecule has 0 atom stereocenters. The van der Waals surface area contributed by atoms with Crippen LogP contribution >= 0.6 is 0 Å². The van der Waals surface area contributed by atoms with Crippen molar-refractivity contribution in [3.8, 4) is 5.69 Å². The van der Waals surface area contributed by atoms with Crippen LogP contribution < -0.4 is 10.3 Å². The maximum atomic E-state index is 13.6. The van der Waals surface area contributed by atoms with Gasteiger partial charge in [-0.25, -0.2) is 18.1 Å². The molecule has 0 bridgehead atoms. The molecule has 0 spiro atoms. The maximum Gasteiger partial charge on any atom is 0.266 e. The Labute approximate surface area is 210 Å². The third kappa shape index (κ3) is 5.24. The average molecular weight is 508 g/mol. The van der Waals surface area contributed by atoms with E-state index in [2.05, 4.69) is 9.71 Å². The Morgan fingerprint density at radius 1 is 0.944 bits per heavy atom. The smallest absolute Gasteiger partial charge is 0.266 e. The molecule has 0 saturated heterocycles. The molecule has 36 heavy (non-hydrogen) atoms. The van der Waals surface area contributed by atoms with Crippen LogP contribution in [0.25, 0.3) is 16.6 Å². The second-order valence-electron chi connectivity index (χ2n) is 8.61. The lowest BCUT2D eigenvalue weighted by molar-refractivity contribution is 0.180. The van der Waals surface area contributed by atoms with Crippen LogP contribution in [0.15, 0.2) is 70.4 Å². The average Bonchev–Trinajstić information content (AvgIpc) is 2.85. The van der Waals surface area contributed by atoms with Crippen molar-refractivity contribution in [2.45, 2.75) is 38.5 Å². The van der Waals surface area contributed by atoms with E-state index in [1.807, 2.05) is 32.0 Å². The van der Waals surface area contributed by atoms with Gasteiger partial charge < -0.3 is 9.47 Å². The van der Waals surface area contributed by atoms with E-state index in [4.69, 9.17) is 9.47 Å². The topological polar surface area (TPSA) is 99.5 Å². The van der Waals surface area contributed by atoms with Crippen molar-refractivity contribution in [2.24, 2.45) is 0 Å². The maximum absolute atomic E-state index is 13.6. The number of nitrogens with zero attached hydrogens (tertiary/aromatic N) is 2. The van der Waals surface area contributed by atoms with Crippen LogP contribution in [-0.4, -0.2) is 32.2 Å². The molecule has 0 amide bonds. The van der Waals surface area contributed by atoms with Gasteiger partial charge in [-0.1, -0.05) is 42.0 Å². The molecule has 1 heterocycles. The highest BCUT2D eigenvalue weighted by Crippen LogP contribution is 2.21. The summed E-state index contributed by atoms with van der Waals surface area (Å²) in [6.45, 7) is 4.11. The third-order valence-corrected chi connectivity index (χ3v) is 7.37. The van der Waals surface area contributed by atoms with E-state index in [-0.39, 0.29) is 36.0 Å². The van der Waals surface area contributed by atoms with Crippen molar-refractivity contribution in [1.82, 2.24) is 14.3 Å². The number of aromatic nitrogens is 2. The van der Waals surface area contributed by atoms with Gasteiger partial charge >= 0.3 is 0 Å². The lowest BCUT2D eigenvalue weighted by Crippen LogP contribution is -2.31. The van der Waals surface area contributed by atoms with Crippen LogP contribution in [0.5, 0.6) is 0 Å². The first kappa shape index (κ1) is 25.7. The zero-order valence-electron chi connectivity index (χ0n) is 20.7. The van der Waals surface area contributed by atoms with E-state index in [0.717, 1.165) is 11.1 Å². The molecule has 0 aliphatic carbocycles. The highest BCUT2D eigenvalue weighted by molar-refractivity contribution is 7.89. The summed E-state index contributed by atoms with van der Waals surface area (Å²) in [7, 11) is -0.918. The molecule has 0 radical (unpaired) electrons. The zero-order chi connectivity index (χ0) is 25.9. The summed E-state index contributed by atoms with van der Waals surface area (Å²) in [6.07, 6.45) is 0. The molecule has 0 aliphatic rings. The van der Waals surface area contributed by atoms with E-state index in [1.165, 1.54) is 11.7 Å². The fourth-order valence-corrected chi connectivity index (χ4v) is 5.47. The number of ether oxygens (including phenoxy) is 2. The summed E-state index contributed by atoms with van der Waals surface area (Å²) in [5, 5.41) is 0.457. The Bertz CT molecular complexity index is 1580. The molecule has 3 aromatic carbocycles. The number of para-hydroxylation sites is 1. The van der Waals surface area contributed by atoms with Crippen LogP contribution in [0.2, 0.25) is 0 Å². The highest BCUT2D eigenvalue weighted by atomic mass is 32.2. The Hall–Kier alpha value is -3.37. The van der Waals surface area contributed by atoms with Crippen LogP contribution in [0.1, 0.15) is 28.1 Å². The second-order valence-corrected chi connectivity index (χ2v) is 10.3. The number of benzene rings is 3. The standard InChI is InChI=1S/C27H29N3O5S/c1-18-9-12-24(19(2)13-18)30-26(29-23-8-6-5-7-22(23)27(30)31)15-28-36(32,33)25-14-20(16-34-3)10-11-21(25)17-35-4/h5-14,28H,15-17H2,1-4H3. The van der Waals surface area contributed by atoms with Crippen molar-refractivity contribution in [1.29, 1.82) is 0 Å². The van der Waals surface area contributed by atoms with Gasteiger partial charge in [0.15, 0.2) is 0 Å². The van der Waals surface area contributed by atoms with Gasteiger partial charge in [0.1, 0.15) is 5.82 Å². The first-order valence-electron chi connectivity index (χ1n) is 11.4. The number of methoxy groups -OCH3 is 2. The fraction of sp³-hybridized carbons (Fsp3) is 0.259. The van der Waals surface area contributed by atoms with Gasteiger partial charge in [0.05, 0.1) is 41.2 Å². The Morgan fingerprint density at radius 2 is 1.69 bits per heavy atom. The molecule has 9 heteroatoms. The van der Waals surface area contributed by atoms with Gasteiger partial charge in [-0.3, -0.25) is 9.36 Å². The van der Waals surface area contributed by atoms with E-state index in [0.29, 0.717) is 27.7 Å². The second kappa shape index (κ2) is 10.7. The Balaban J connectivity index is 1.81. The number of fused-ring (bicyclic) bond motifs is 1. The van der Waals surface area contributed by atoms with E-state index in [9.17, 15) is 13.2 Å². The minimum atomic E-state index is -3.97. The number of rotatable bonds is 9. The molecule has 1 aromatic heterocycles. The normalized spacial score (nSPS) is 11.8. The van der Waals surface area contributed by atoms with Crippen molar-refractivity contribution >= 4 is 20.9 Å². The molecule has 188 valence electrons. The van der Waals surface area contributed by atoms with E-state index >= 15 is 0 Å². The molecule has 0 saturated carbocycles. The van der Waals surface area contributed by atoms with Crippen LogP contribution in [0.3, 0.4) is 0 Å². The van der Waals surface area contributed by atoms with Crippen LogP contribution in [-0.2, 0) is 39.3 Å². The van der Waals surface area contributed by atoms with Crippen molar-refractivity contribution in [3.63, 3.8) is 0 Å². The van der Waals surface area contributed by atoms with Gasteiger partial charge in [0.2, 0.25) is 10.0 Å². The van der Waals surface area contributed by atoms with Gasteiger partial charge in [-0.15, -0.1) is 0 Å². The molecular formula is C27H29N3O5S. The largest absolute Gasteiger partial charge is 0.380 e. The molecule has 4 aromatic rings. The quantitative estimate of drug-likeness (QED) is 0.370. The fourth-order valence-electron chi connectivity index (χ4n) is 4.22. The van der Waals surface area contributed by atoms with Crippen LogP contribution in [0, 0.1) is 13.8 Å². The predicted molar refractivity (Wildman–Crippen MR) is 139 cm³/mol. The lowest BCUT2D eigenvalue weighted by Gasteiger charge is -2.17. The molecule has 0 fully saturated rings. The number of hydrogen-bond donors (Lipinski definition) is 1. The molecule has 4 rings (SSSR count).